The molecule has 2 rings (SSSR count). The number of carbonyl (C=O) groups is 1. The molecule has 1 fully saturated rings. The molecule has 1 aromatic carbocycles. The molecule has 3 N–H and O–H groups in total. The molecule has 0 aromatic heterocycles. The van der Waals surface area contributed by atoms with Crippen LogP contribution in [0.5, 0.6) is 11.5 Å². The van der Waals surface area contributed by atoms with Gasteiger partial charge in [0.15, 0.2) is 17.5 Å². The van der Waals surface area contributed by atoms with E-state index in [0.717, 1.165) is 43.7 Å². The number of halogens is 1. The Morgan fingerprint density at radius 3 is 2.60 bits per heavy atom. The number of ether oxygens (including phenoxy) is 2. The van der Waals surface area contributed by atoms with Gasteiger partial charge in [-0.15, -0.1) is 24.0 Å². The molecule has 1 aliphatic carbocycles. The van der Waals surface area contributed by atoms with Crippen LogP contribution < -0.4 is 25.4 Å². The molecule has 1 saturated carbocycles. The summed E-state index contributed by atoms with van der Waals surface area (Å²) < 4.78 is 11.0. The number of benzene rings is 1. The first-order chi connectivity index (χ1) is 14.2. The Bertz CT molecular complexity index is 664. The molecule has 0 saturated heterocycles. The summed E-state index contributed by atoms with van der Waals surface area (Å²) in [4.78, 5) is 16.3. The largest absolute Gasteiger partial charge is 0.493 e. The number of guanidine groups is 1. The third kappa shape index (κ3) is 9.40. The van der Waals surface area contributed by atoms with Gasteiger partial charge in [-0.05, 0) is 50.3 Å². The number of amides is 1. The van der Waals surface area contributed by atoms with E-state index in [9.17, 15) is 4.79 Å². The van der Waals surface area contributed by atoms with Crippen molar-refractivity contribution in [2.24, 2.45) is 4.99 Å². The smallest absolute Gasteiger partial charge is 0.239 e. The Morgan fingerprint density at radius 2 is 1.93 bits per heavy atom. The fourth-order valence-corrected chi connectivity index (χ4v) is 3.55. The van der Waals surface area contributed by atoms with Gasteiger partial charge in [-0.3, -0.25) is 9.79 Å². The number of nitrogens with zero attached hydrogens (tertiary/aromatic N) is 1. The van der Waals surface area contributed by atoms with E-state index in [2.05, 4.69) is 27.0 Å². The normalized spacial score (nSPS) is 14.4. The second-order valence-corrected chi connectivity index (χ2v) is 7.28. The van der Waals surface area contributed by atoms with Crippen molar-refractivity contribution in [1.29, 1.82) is 0 Å². The quantitative estimate of drug-likeness (QED) is 0.187. The van der Waals surface area contributed by atoms with E-state index in [4.69, 9.17) is 9.47 Å². The standard InChI is InChI=1S/C22H36N4O3.HI/c1-4-29-20-15-17(12-13-19(20)28-3)9-8-14-24-22(23-2)25-16-21(27)26-18-10-6-5-7-11-18;/h12-13,15,18H,4-11,14,16H2,1-3H3,(H,26,27)(H2,23,24,25);1H. The summed E-state index contributed by atoms with van der Waals surface area (Å²) in [6, 6.07) is 6.37. The molecule has 0 bridgehead atoms. The first-order valence-electron chi connectivity index (χ1n) is 10.7. The fraction of sp³-hybridized carbons (Fsp3) is 0.636. The monoisotopic (exact) mass is 532 g/mol. The summed E-state index contributed by atoms with van der Waals surface area (Å²) in [6.45, 7) is 3.58. The first kappa shape index (κ1) is 26.3. The topological polar surface area (TPSA) is 84.0 Å². The van der Waals surface area contributed by atoms with E-state index in [1.165, 1.54) is 24.8 Å². The molecule has 0 unspecified atom stereocenters. The maximum absolute atomic E-state index is 12.1. The third-order valence-electron chi connectivity index (χ3n) is 5.07. The van der Waals surface area contributed by atoms with Gasteiger partial charge in [-0.25, -0.2) is 0 Å². The number of hydrogen-bond acceptors (Lipinski definition) is 4. The number of hydrogen-bond donors (Lipinski definition) is 3. The van der Waals surface area contributed by atoms with Gasteiger partial charge in [0.05, 0.1) is 20.3 Å². The molecule has 0 heterocycles. The van der Waals surface area contributed by atoms with Crippen molar-refractivity contribution in [1.82, 2.24) is 16.0 Å². The first-order valence-corrected chi connectivity index (χ1v) is 10.7. The van der Waals surface area contributed by atoms with E-state index < -0.39 is 0 Å². The van der Waals surface area contributed by atoms with Crippen molar-refractivity contribution in [3.8, 4) is 11.5 Å². The van der Waals surface area contributed by atoms with Crippen molar-refractivity contribution in [3.05, 3.63) is 23.8 Å². The summed E-state index contributed by atoms with van der Waals surface area (Å²) in [5, 5.41) is 9.46. The van der Waals surface area contributed by atoms with Crippen LogP contribution in [0.1, 0.15) is 51.0 Å². The van der Waals surface area contributed by atoms with Crippen LogP contribution in [0.25, 0.3) is 0 Å². The van der Waals surface area contributed by atoms with E-state index in [1.807, 2.05) is 19.1 Å². The minimum atomic E-state index is 0. The van der Waals surface area contributed by atoms with Crippen LogP contribution in [0.4, 0.5) is 0 Å². The Morgan fingerprint density at radius 1 is 1.17 bits per heavy atom. The molecule has 8 heteroatoms. The highest BCUT2D eigenvalue weighted by atomic mass is 127. The van der Waals surface area contributed by atoms with Gasteiger partial charge >= 0.3 is 0 Å². The highest BCUT2D eigenvalue weighted by Crippen LogP contribution is 2.28. The zero-order valence-corrected chi connectivity index (χ0v) is 20.8. The maximum atomic E-state index is 12.1. The van der Waals surface area contributed by atoms with Gasteiger partial charge in [0.25, 0.3) is 0 Å². The van der Waals surface area contributed by atoms with Crippen molar-refractivity contribution >= 4 is 35.8 Å². The predicted octanol–water partition coefficient (Wildman–Crippen LogP) is 3.26. The van der Waals surface area contributed by atoms with Crippen LogP contribution >= 0.6 is 24.0 Å². The summed E-state index contributed by atoms with van der Waals surface area (Å²) in [7, 11) is 3.36. The van der Waals surface area contributed by atoms with Crippen LogP contribution in [0.2, 0.25) is 0 Å². The second kappa shape index (κ2) is 15.1. The minimum absolute atomic E-state index is 0. The molecular weight excluding hydrogens is 495 g/mol. The Balaban J connectivity index is 0.00000450. The van der Waals surface area contributed by atoms with E-state index in [0.29, 0.717) is 18.6 Å². The van der Waals surface area contributed by atoms with E-state index in [1.54, 1.807) is 14.2 Å². The van der Waals surface area contributed by atoms with Crippen LogP contribution in [0.3, 0.4) is 0 Å². The van der Waals surface area contributed by atoms with Gasteiger partial charge in [0.1, 0.15) is 0 Å². The second-order valence-electron chi connectivity index (χ2n) is 7.28. The lowest BCUT2D eigenvalue weighted by atomic mass is 9.95. The van der Waals surface area contributed by atoms with E-state index >= 15 is 0 Å². The fourth-order valence-electron chi connectivity index (χ4n) is 3.55. The minimum Gasteiger partial charge on any atom is -0.493 e. The van der Waals surface area contributed by atoms with Gasteiger partial charge < -0.3 is 25.4 Å². The number of aryl methyl sites for hydroxylation is 1. The number of aliphatic imine (C=N–C) groups is 1. The lowest BCUT2D eigenvalue weighted by Crippen LogP contribution is -2.46. The molecule has 1 amide bonds. The van der Waals surface area contributed by atoms with Crippen LogP contribution in [0.15, 0.2) is 23.2 Å². The molecule has 1 aromatic rings. The highest BCUT2D eigenvalue weighted by molar-refractivity contribution is 14.0. The van der Waals surface area contributed by atoms with Crippen molar-refractivity contribution in [3.63, 3.8) is 0 Å². The van der Waals surface area contributed by atoms with Crippen LogP contribution in [0, 0.1) is 0 Å². The summed E-state index contributed by atoms with van der Waals surface area (Å²) in [6.07, 6.45) is 7.74. The highest BCUT2D eigenvalue weighted by Gasteiger charge is 2.15. The van der Waals surface area contributed by atoms with Gasteiger partial charge in [0.2, 0.25) is 5.91 Å². The summed E-state index contributed by atoms with van der Waals surface area (Å²) in [5.74, 6) is 2.21. The third-order valence-corrected chi connectivity index (χ3v) is 5.07. The molecule has 0 aliphatic heterocycles. The Kier molecular flexibility index (Phi) is 13.3. The van der Waals surface area contributed by atoms with Gasteiger partial charge in [-0.1, -0.05) is 25.3 Å². The summed E-state index contributed by atoms with van der Waals surface area (Å²) >= 11 is 0. The molecule has 170 valence electrons. The van der Waals surface area contributed by atoms with Crippen molar-refractivity contribution in [2.45, 2.75) is 57.9 Å². The molecule has 0 atom stereocenters. The van der Waals surface area contributed by atoms with Crippen LogP contribution in [-0.2, 0) is 11.2 Å². The molecule has 1 aliphatic rings. The Hall–Kier alpha value is -1.71. The van der Waals surface area contributed by atoms with Crippen LogP contribution in [-0.4, -0.2) is 51.8 Å². The Labute approximate surface area is 197 Å². The number of rotatable bonds is 10. The molecule has 7 nitrogen and oxygen atoms in total. The number of methoxy groups -OCH3 is 1. The molecule has 30 heavy (non-hydrogen) atoms. The lowest BCUT2D eigenvalue weighted by Gasteiger charge is -2.23. The average Bonchev–Trinajstić information content (AvgIpc) is 2.74. The maximum Gasteiger partial charge on any atom is 0.239 e. The SMILES string of the molecule is CCOc1cc(CCCNC(=NC)NCC(=O)NC2CCCCC2)ccc1OC.I. The van der Waals surface area contributed by atoms with Gasteiger partial charge in [0, 0.05) is 19.6 Å². The number of nitrogens with one attached hydrogen (secondary N) is 3. The molecule has 0 spiro atoms. The van der Waals surface area contributed by atoms with Crippen molar-refractivity contribution < 1.29 is 14.3 Å². The number of carbonyl (C=O) groups excluding carboxylic acids is 1. The zero-order valence-electron chi connectivity index (χ0n) is 18.5. The molecule has 0 radical (unpaired) electrons. The molecular formula is C22H37IN4O3. The zero-order chi connectivity index (χ0) is 20.9. The van der Waals surface area contributed by atoms with Crippen molar-refractivity contribution in [2.75, 3.05) is 33.9 Å². The average molecular weight is 532 g/mol. The van der Waals surface area contributed by atoms with Gasteiger partial charge in [-0.2, -0.15) is 0 Å². The summed E-state index contributed by atoms with van der Waals surface area (Å²) in [5.41, 5.74) is 1.20. The van der Waals surface area contributed by atoms with E-state index in [-0.39, 0.29) is 36.4 Å². The lowest BCUT2D eigenvalue weighted by molar-refractivity contribution is -0.120. The predicted molar refractivity (Wildman–Crippen MR) is 132 cm³/mol.